The van der Waals surface area contributed by atoms with E-state index in [4.69, 9.17) is 4.74 Å². The van der Waals surface area contributed by atoms with E-state index in [1.807, 2.05) is 69.0 Å². The summed E-state index contributed by atoms with van der Waals surface area (Å²) in [6.45, 7) is 3.95. The van der Waals surface area contributed by atoms with Gasteiger partial charge in [0.25, 0.3) is 0 Å². The summed E-state index contributed by atoms with van der Waals surface area (Å²) in [7, 11) is 1.66. The summed E-state index contributed by atoms with van der Waals surface area (Å²) in [4.78, 5) is 30.1. The number of aromatic nitrogens is 3. The first kappa shape index (κ1) is 28.2. The highest BCUT2D eigenvalue weighted by atomic mass is 32.2. The van der Waals surface area contributed by atoms with Gasteiger partial charge in [-0.3, -0.25) is 14.2 Å². The van der Waals surface area contributed by atoms with Crippen LogP contribution in [-0.4, -0.2) is 74.9 Å². The Morgan fingerprint density at radius 1 is 0.975 bits per heavy atom. The molecule has 0 radical (unpaired) electrons. The van der Waals surface area contributed by atoms with Crippen LogP contribution < -0.4 is 4.74 Å². The van der Waals surface area contributed by atoms with E-state index >= 15 is 0 Å². The SMILES string of the molecule is COc1ccccc1-n1c(SCCCC(=O)N2CCN(C(=O)C3CCCCC3)C(C)C2)nnc1-c1ccccc1. The third-order valence-electron chi connectivity index (χ3n) is 7.98. The van der Waals surface area contributed by atoms with E-state index in [2.05, 4.69) is 17.1 Å². The predicted octanol–water partition coefficient (Wildman–Crippen LogP) is 5.45. The van der Waals surface area contributed by atoms with Gasteiger partial charge in [0.2, 0.25) is 11.8 Å². The Morgan fingerprint density at radius 2 is 1.73 bits per heavy atom. The fraction of sp³-hybridized carbons (Fsp3) is 0.484. The third-order valence-corrected chi connectivity index (χ3v) is 8.99. The fourth-order valence-electron chi connectivity index (χ4n) is 5.81. The minimum Gasteiger partial charge on any atom is -0.495 e. The van der Waals surface area contributed by atoms with Gasteiger partial charge in [0.15, 0.2) is 11.0 Å². The molecule has 2 aliphatic rings. The minimum absolute atomic E-state index is 0.0670. The van der Waals surface area contributed by atoms with Gasteiger partial charge in [0.05, 0.1) is 12.8 Å². The summed E-state index contributed by atoms with van der Waals surface area (Å²) in [5.74, 6) is 2.86. The minimum atomic E-state index is 0.0670. The van der Waals surface area contributed by atoms with Gasteiger partial charge in [0, 0.05) is 49.3 Å². The van der Waals surface area contributed by atoms with Crippen molar-refractivity contribution in [3.8, 4) is 22.8 Å². The first-order valence-electron chi connectivity index (χ1n) is 14.4. The van der Waals surface area contributed by atoms with Crippen LogP contribution in [-0.2, 0) is 9.59 Å². The second-order valence-electron chi connectivity index (χ2n) is 10.7. The number of hydrogen-bond donors (Lipinski definition) is 0. The Labute approximate surface area is 241 Å². The first-order valence-corrected chi connectivity index (χ1v) is 15.4. The second kappa shape index (κ2) is 13.4. The molecule has 2 aromatic carbocycles. The van der Waals surface area contributed by atoms with Crippen molar-refractivity contribution in [3.63, 3.8) is 0 Å². The number of amides is 2. The topological polar surface area (TPSA) is 80.6 Å². The van der Waals surface area contributed by atoms with Gasteiger partial charge in [-0.2, -0.15) is 0 Å². The lowest BCUT2D eigenvalue weighted by atomic mass is 9.88. The number of ether oxygens (including phenoxy) is 1. The number of carbonyl (C=O) groups excluding carboxylic acids is 2. The molecule has 0 bridgehead atoms. The Morgan fingerprint density at radius 3 is 2.48 bits per heavy atom. The number of para-hydroxylation sites is 2. The fourth-order valence-corrected chi connectivity index (χ4v) is 6.69. The Kier molecular flexibility index (Phi) is 9.41. The van der Waals surface area contributed by atoms with Crippen LogP contribution in [0.2, 0.25) is 0 Å². The summed E-state index contributed by atoms with van der Waals surface area (Å²) in [6, 6.07) is 17.9. The monoisotopic (exact) mass is 561 g/mol. The van der Waals surface area contributed by atoms with Crippen molar-refractivity contribution in [1.82, 2.24) is 24.6 Å². The van der Waals surface area contributed by atoms with Crippen molar-refractivity contribution in [3.05, 3.63) is 54.6 Å². The summed E-state index contributed by atoms with van der Waals surface area (Å²) >= 11 is 1.60. The van der Waals surface area contributed by atoms with E-state index in [1.54, 1.807) is 18.9 Å². The molecule has 5 rings (SSSR count). The molecule has 1 saturated heterocycles. The lowest BCUT2D eigenvalue weighted by molar-refractivity contribution is -0.146. The van der Waals surface area contributed by atoms with Crippen LogP contribution in [0.25, 0.3) is 17.1 Å². The maximum atomic E-state index is 13.1. The average molecular weight is 562 g/mol. The number of nitrogens with zero attached hydrogens (tertiary/aromatic N) is 5. The predicted molar refractivity (Wildman–Crippen MR) is 158 cm³/mol. The zero-order valence-electron chi connectivity index (χ0n) is 23.5. The highest BCUT2D eigenvalue weighted by molar-refractivity contribution is 7.99. The number of methoxy groups -OCH3 is 1. The summed E-state index contributed by atoms with van der Waals surface area (Å²) in [5.41, 5.74) is 1.85. The van der Waals surface area contributed by atoms with Gasteiger partial charge in [-0.15, -0.1) is 10.2 Å². The van der Waals surface area contributed by atoms with Crippen molar-refractivity contribution in [2.45, 2.75) is 63.1 Å². The molecule has 0 N–H and O–H groups in total. The summed E-state index contributed by atoms with van der Waals surface area (Å²) in [6.07, 6.45) is 6.80. The first-order chi connectivity index (χ1) is 19.6. The number of carbonyl (C=O) groups is 2. The maximum absolute atomic E-state index is 13.1. The van der Waals surface area contributed by atoms with Crippen LogP contribution in [0.5, 0.6) is 5.75 Å². The van der Waals surface area contributed by atoms with E-state index in [0.29, 0.717) is 32.0 Å². The molecule has 1 aliphatic carbocycles. The molecule has 1 aliphatic heterocycles. The quantitative estimate of drug-likeness (QED) is 0.255. The van der Waals surface area contributed by atoms with Crippen LogP contribution in [0.1, 0.15) is 51.9 Å². The third kappa shape index (κ3) is 6.35. The van der Waals surface area contributed by atoms with E-state index < -0.39 is 0 Å². The molecule has 3 aromatic rings. The van der Waals surface area contributed by atoms with Crippen LogP contribution in [0.15, 0.2) is 59.8 Å². The Hall–Kier alpha value is -3.33. The molecule has 1 atom stereocenters. The smallest absolute Gasteiger partial charge is 0.226 e. The van der Waals surface area contributed by atoms with Crippen molar-refractivity contribution < 1.29 is 14.3 Å². The number of hydrogen-bond acceptors (Lipinski definition) is 6. The van der Waals surface area contributed by atoms with Gasteiger partial charge in [-0.25, -0.2) is 0 Å². The van der Waals surface area contributed by atoms with E-state index in [9.17, 15) is 9.59 Å². The zero-order valence-corrected chi connectivity index (χ0v) is 24.3. The molecule has 0 spiro atoms. The molecule has 1 unspecified atom stereocenters. The largest absolute Gasteiger partial charge is 0.495 e. The lowest BCUT2D eigenvalue weighted by Gasteiger charge is -2.41. The van der Waals surface area contributed by atoms with Crippen molar-refractivity contribution in [2.75, 3.05) is 32.5 Å². The molecule has 2 amide bonds. The molecule has 212 valence electrons. The number of rotatable bonds is 9. The van der Waals surface area contributed by atoms with Crippen LogP contribution >= 0.6 is 11.8 Å². The van der Waals surface area contributed by atoms with Gasteiger partial charge in [-0.1, -0.05) is 73.5 Å². The molecule has 40 heavy (non-hydrogen) atoms. The average Bonchev–Trinajstić information content (AvgIpc) is 3.43. The lowest BCUT2D eigenvalue weighted by Crippen LogP contribution is -2.56. The highest BCUT2D eigenvalue weighted by Crippen LogP contribution is 2.33. The molecule has 1 saturated carbocycles. The molecular weight excluding hydrogens is 522 g/mol. The van der Waals surface area contributed by atoms with Crippen molar-refractivity contribution >= 4 is 23.6 Å². The molecule has 2 fully saturated rings. The number of thioether (sulfide) groups is 1. The van der Waals surface area contributed by atoms with Gasteiger partial charge in [-0.05, 0) is 38.3 Å². The van der Waals surface area contributed by atoms with Gasteiger partial charge in [0.1, 0.15) is 5.75 Å². The van der Waals surface area contributed by atoms with Crippen LogP contribution in [0, 0.1) is 5.92 Å². The summed E-state index contributed by atoms with van der Waals surface area (Å²) < 4.78 is 7.68. The highest BCUT2D eigenvalue weighted by Gasteiger charge is 2.33. The molecule has 1 aromatic heterocycles. The Balaban J connectivity index is 1.18. The number of benzene rings is 2. The molecule has 8 nitrogen and oxygen atoms in total. The van der Waals surface area contributed by atoms with Gasteiger partial charge >= 0.3 is 0 Å². The second-order valence-corrected chi connectivity index (χ2v) is 11.7. The van der Waals surface area contributed by atoms with E-state index in [1.165, 1.54) is 6.42 Å². The molecule has 9 heteroatoms. The Bertz CT molecular complexity index is 1290. The van der Waals surface area contributed by atoms with E-state index in [-0.39, 0.29) is 17.9 Å². The van der Waals surface area contributed by atoms with Crippen LogP contribution in [0.3, 0.4) is 0 Å². The molecular formula is C31H39N5O3S. The van der Waals surface area contributed by atoms with E-state index in [0.717, 1.165) is 65.8 Å². The molecule has 2 heterocycles. The maximum Gasteiger partial charge on any atom is 0.226 e. The zero-order chi connectivity index (χ0) is 27.9. The van der Waals surface area contributed by atoms with Crippen molar-refractivity contribution in [1.29, 1.82) is 0 Å². The normalized spacial score (nSPS) is 18.1. The van der Waals surface area contributed by atoms with Crippen molar-refractivity contribution in [2.24, 2.45) is 5.92 Å². The number of piperazine rings is 1. The summed E-state index contributed by atoms with van der Waals surface area (Å²) in [5, 5.41) is 9.79. The van der Waals surface area contributed by atoms with Gasteiger partial charge < -0.3 is 14.5 Å². The standard InChI is InChI=1S/C31H39N5O3S/c1-23-22-34(19-20-35(23)30(38)25-14-7-4-8-15-25)28(37)18-11-21-40-31-33-32-29(24-12-5-3-6-13-24)36(31)26-16-9-10-17-27(26)39-2/h3,5-6,9-10,12-13,16-17,23,25H,4,7-8,11,14-15,18-22H2,1-2H3. The van der Waals surface area contributed by atoms with Crippen LogP contribution in [0.4, 0.5) is 0 Å².